The SMILES string of the molecule is CCc1cc(N2CC3CC2CS3)ncn1. The molecule has 2 unspecified atom stereocenters. The van der Waals surface area contributed by atoms with E-state index in [0.29, 0.717) is 0 Å². The highest BCUT2D eigenvalue weighted by Gasteiger charge is 2.39. The van der Waals surface area contributed by atoms with Crippen molar-refractivity contribution in [3.8, 4) is 0 Å². The van der Waals surface area contributed by atoms with E-state index in [4.69, 9.17) is 0 Å². The molecule has 15 heavy (non-hydrogen) atoms. The highest BCUT2D eigenvalue weighted by Crippen LogP contribution is 2.39. The molecule has 2 bridgehead atoms. The van der Waals surface area contributed by atoms with Crippen molar-refractivity contribution in [2.75, 3.05) is 17.2 Å². The zero-order valence-corrected chi connectivity index (χ0v) is 9.70. The summed E-state index contributed by atoms with van der Waals surface area (Å²) in [5, 5.41) is 0.843. The van der Waals surface area contributed by atoms with Gasteiger partial charge in [-0.25, -0.2) is 9.97 Å². The number of anilines is 1. The van der Waals surface area contributed by atoms with Crippen molar-refractivity contribution in [3.05, 3.63) is 18.1 Å². The molecule has 2 fully saturated rings. The van der Waals surface area contributed by atoms with Gasteiger partial charge in [-0.05, 0) is 12.8 Å². The second-order valence-electron chi connectivity index (χ2n) is 4.22. The Balaban J connectivity index is 1.86. The van der Waals surface area contributed by atoms with Crippen LogP contribution in [0.5, 0.6) is 0 Å². The van der Waals surface area contributed by atoms with Crippen molar-refractivity contribution >= 4 is 17.6 Å². The summed E-state index contributed by atoms with van der Waals surface area (Å²) in [5.41, 5.74) is 1.15. The van der Waals surface area contributed by atoms with Gasteiger partial charge in [0.05, 0.1) is 0 Å². The number of aryl methyl sites for hydroxylation is 1. The normalized spacial score (nSPS) is 28.7. The lowest BCUT2D eigenvalue weighted by Crippen LogP contribution is -2.34. The minimum Gasteiger partial charge on any atom is -0.352 e. The minimum absolute atomic E-state index is 0.722. The number of nitrogens with zero attached hydrogens (tertiary/aromatic N) is 3. The maximum absolute atomic E-state index is 4.39. The van der Waals surface area contributed by atoms with E-state index >= 15 is 0 Å². The van der Waals surface area contributed by atoms with Gasteiger partial charge < -0.3 is 4.90 Å². The first-order valence-electron chi connectivity index (χ1n) is 5.56. The highest BCUT2D eigenvalue weighted by atomic mass is 32.2. The quantitative estimate of drug-likeness (QED) is 0.760. The summed E-state index contributed by atoms with van der Waals surface area (Å²) in [6.45, 7) is 3.31. The molecule has 0 amide bonds. The minimum atomic E-state index is 0.722. The Morgan fingerprint density at radius 3 is 3.13 bits per heavy atom. The van der Waals surface area contributed by atoms with E-state index in [2.05, 4.69) is 39.6 Å². The smallest absolute Gasteiger partial charge is 0.132 e. The summed E-state index contributed by atoms with van der Waals surface area (Å²) in [6.07, 6.45) is 4.04. The van der Waals surface area contributed by atoms with E-state index in [1.54, 1.807) is 6.33 Å². The van der Waals surface area contributed by atoms with Gasteiger partial charge in [0, 0.05) is 35.3 Å². The molecule has 4 heteroatoms. The van der Waals surface area contributed by atoms with Gasteiger partial charge in [0.25, 0.3) is 0 Å². The molecule has 0 saturated carbocycles. The van der Waals surface area contributed by atoms with Crippen LogP contribution in [0.3, 0.4) is 0 Å². The Labute approximate surface area is 94.3 Å². The summed E-state index contributed by atoms with van der Waals surface area (Å²) >= 11 is 2.12. The molecule has 3 nitrogen and oxygen atoms in total. The Morgan fingerprint density at radius 1 is 1.53 bits per heavy atom. The highest BCUT2D eigenvalue weighted by molar-refractivity contribution is 8.00. The largest absolute Gasteiger partial charge is 0.352 e. The summed E-state index contributed by atoms with van der Waals surface area (Å²) in [6, 6.07) is 2.87. The summed E-state index contributed by atoms with van der Waals surface area (Å²) < 4.78 is 0. The van der Waals surface area contributed by atoms with Crippen LogP contribution in [0.15, 0.2) is 12.4 Å². The van der Waals surface area contributed by atoms with Crippen molar-refractivity contribution in [1.29, 1.82) is 0 Å². The van der Waals surface area contributed by atoms with Crippen LogP contribution in [0.1, 0.15) is 19.0 Å². The van der Waals surface area contributed by atoms with Crippen molar-refractivity contribution < 1.29 is 0 Å². The van der Waals surface area contributed by atoms with Crippen LogP contribution in [0.25, 0.3) is 0 Å². The molecule has 0 aromatic carbocycles. The number of thioether (sulfide) groups is 1. The third-order valence-electron chi connectivity index (χ3n) is 3.27. The van der Waals surface area contributed by atoms with Gasteiger partial charge in [-0.15, -0.1) is 0 Å². The maximum atomic E-state index is 4.39. The van der Waals surface area contributed by atoms with Crippen LogP contribution in [-0.4, -0.2) is 33.6 Å². The van der Waals surface area contributed by atoms with Crippen LogP contribution in [-0.2, 0) is 6.42 Å². The van der Waals surface area contributed by atoms with Crippen molar-refractivity contribution in [1.82, 2.24) is 9.97 Å². The molecule has 1 aromatic heterocycles. The average molecular weight is 221 g/mol. The Hall–Kier alpha value is -0.770. The number of rotatable bonds is 2. The molecule has 3 rings (SSSR count). The third-order valence-corrected chi connectivity index (χ3v) is 4.66. The van der Waals surface area contributed by atoms with Crippen LogP contribution in [0.2, 0.25) is 0 Å². The fourth-order valence-corrected chi connectivity index (χ4v) is 3.85. The van der Waals surface area contributed by atoms with E-state index in [-0.39, 0.29) is 0 Å². The second-order valence-corrected chi connectivity index (χ2v) is 5.55. The van der Waals surface area contributed by atoms with E-state index in [1.807, 2.05) is 0 Å². The Morgan fingerprint density at radius 2 is 2.47 bits per heavy atom. The van der Waals surface area contributed by atoms with Crippen LogP contribution < -0.4 is 4.90 Å². The fraction of sp³-hybridized carbons (Fsp3) is 0.636. The molecule has 0 radical (unpaired) electrons. The van der Waals surface area contributed by atoms with Gasteiger partial charge in [-0.2, -0.15) is 11.8 Å². The predicted molar refractivity (Wildman–Crippen MR) is 63.4 cm³/mol. The Bertz CT molecular complexity index is 369. The number of hydrogen-bond donors (Lipinski definition) is 0. The summed E-state index contributed by atoms with van der Waals surface area (Å²) in [4.78, 5) is 11.1. The molecule has 2 atom stereocenters. The zero-order valence-electron chi connectivity index (χ0n) is 8.89. The molecular weight excluding hydrogens is 206 g/mol. The topological polar surface area (TPSA) is 29.0 Å². The van der Waals surface area contributed by atoms with Crippen molar-refractivity contribution in [2.45, 2.75) is 31.1 Å². The molecule has 1 aromatic rings. The molecule has 2 aliphatic rings. The lowest BCUT2D eigenvalue weighted by atomic mass is 10.2. The molecule has 0 aliphatic carbocycles. The molecule has 2 aliphatic heterocycles. The zero-order chi connectivity index (χ0) is 10.3. The maximum Gasteiger partial charge on any atom is 0.132 e. The standard InChI is InChI=1S/C11H15N3S/c1-2-8-3-11(13-7-12-8)14-5-10-4-9(14)6-15-10/h3,7,9-10H,2,4-6H2,1H3. The Kier molecular flexibility index (Phi) is 2.31. The number of fused-ring (bicyclic) bond motifs is 2. The lowest BCUT2D eigenvalue weighted by molar-refractivity contribution is 0.748. The van der Waals surface area contributed by atoms with E-state index in [9.17, 15) is 0 Å². The van der Waals surface area contributed by atoms with Crippen LogP contribution in [0.4, 0.5) is 5.82 Å². The fourth-order valence-electron chi connectivity index (χ4n) is 2.42. The third kappa shape index (κ3) is 1.61. The number of hydrogen-bond acceptors (Lipinski definition) is 4. The first-order chi connectivity index (χ1) is 7.36. The molecule has 3 heterocycles. The molecular formula is C11H15N3S. The van der Waals surface area contributed by atoms with E-state index in [0.717, 1.165) is 29.2 Å². The predicted octanol–water partition coefficient (Wildman–Crippen LogP) is 1.73. The number of aromatic nitrogens is 2. The molecule has 0 spiro atoms. The second kappa shape index (κ2) is 3.67. The van der Waals surface area contributed by atoms with E-state index in [1.165, 1.54) is 18.7 Å². The van der Waals surface area contributed by atoms with Gasteiger partial charge in [0.15, 0.2) is 0 Å². The van der Waals surface area contributed by atoms with Gasteiger partial charge in [-0.1, -0.05) is 6.92 Å². The molecule has 0 N–H and O–H groups in total. The van der Waals surface area contributed by atoms with Gasteiger partial charge in [0.1, 0.15) is 12.1 Å². The van der Waals surface area contributed by atoms with Gasteiger partial charge in [0.2, 0.25) is 0 Å². The van der Waals surface area contributed by atoms with E-state index < -0.39 is 0 Å². The summed E-state index contributed by atoms with van der Waals surface area (Å²) in [5.74, 6) is 2.41. The van der Waals surface area contributed by atoms with Crippen LogP contribution in [0, 0.1) is 0 Å². The first kappa shape index (κ1) is 9.46. The molecule has 80 valence electrons. The average Bonchev–Trinajstić information content (AvgIpc) is 2.91. The van der Waals surface area contributed by atoms with Gasteiger partial charge in [-0.3, -0.25) is 0 Å². The van der Waals surface area contributed by atoms with Crippen LogP contribution >= 0.6 is 11.8 Å². The molecule has 2 saturated heterocycles. The summed E-state index contributed by atoms with van der Waals surface area (Å²) in [7, 11) is 0. The van der Waals surface area contributed by atoms with Gasteiger partial charge >= 0.3 is 0 Å². The lowest BCUT2D eigenvalue weighted by Gasteiger charge is -2.27. The first-order valence-corrected chi connectivity index (χ1v) is 6.61. The monoisotopic (exact) mass is 221 g/mol. The van der Waals surface area contributed by atoms with Crippen molar-refractivity contribution in [2.24, 2.45) is 0 Å². The van der Waals surface area contributed by atoms with Crippen molar-refractivity contribution in [3.63, 3.8) is 0 Å².